The van der Waals surface area contributed by atoms with Crippen molar-refractivity contribution in [3.63, 3.8) is 0 Å². The lowest BCUT2D eigenvalue weighted by Crippen LogP contribution is -2.08. The molecule has 0 fully saturated rings. The Morgan fingerprint density at radius 3 is 3.05 bits per heavy atom. The van der Waals surface area contributed by atoms with Crippen molar-refractivity contribution in [2.45, 2.75) is 6.54 Å². The van der Waals surface area contributed by atoms with Gasteiger partial charge in [0, 0.05) is 11.4 Å². The second kappa shape index (κ2) is 6.36. The minimum Gasteiger partial charge on any atom is -0.464 e. The van der Waals surface area contributed by atoms with Crippen LogP contribution in [0.4, 0.5) is 5.69 Å². The molecule has 0 bridgehead atoms. The van der Waals surface area contributed by atoms with Gasteiger partial charge in [-0.2, -0.15) is 0 Å². The number of nitrogens with one attached hydrogen (secondary N) is 1. The third-order valence-corrected chi connectivity index (χ3v) is 4.21. The van der Waals surface area contributed by atoms with Crippen LogP contribution < -0.4 is 5.32 Å². The largest absolute Gasteiger partial charge is 0.464 e. The van der Waals surface area contributed by atoms with Crippen molar-refractivity contribution >= 4 is 50.5 Å². The molecule has 0 aliphatic carbocycles. The average Bonchev–Trinajstić information content (AvgIpc) is 2.91. The van der Waals surface area contributed by atoms with E-state index in [0.29, 0.717) is 16.7 Å². The molecule has 2 aromatic heterocycles. The Hall–Kier alpha value is -1.11. The third-order valence-electron chi connectivity index (χ3n) is 2.34. The topological polar surface area (TPSA) is 51.2 Å². The molecule has 0 radical (unpaired) electrons. The number of pyridine rings is 1. The van der Waals surface area contributed by atoms with E-state index in [9.17, 15) is 4.79 Å². The Bertz CT molecular complexity index is 590. The molecule has 0 saturated heterocycles. The minimum absolute atomic E-state index is 0.156. The zero-order chi connectivity index (χ0) is 13.8. The van der Waals surface area contributed by atoms with Gasteiger partial charge in [-0.1, -0.05) is 17.7 Å². The zero-order valence-corrected chi connectivity index (χ0v) is 13.1. The Balaban J connectivity index is 2.24. The van der Waals surface area contributed by atoms with Crippen molar-refractivity contribution < 1.29 is 9.53 Å². The molecule has 100 valence electrons. The zero-order valence-electron chi connectivity index (χ0n) is 9.94. The molecule has 0 saturated carbocycles. The van der Waals surface area contributed by atoms with Gasteiger partial charge in [-0.3, -0.25) is 0 Å². The number of ether oxygens (including phenoxy) is 1. The average molecular weight is 362 g/mol. The van der Waals surface area contributed by atoms with E-state index in [0.717, 1.165) is 0 Å². The van der Waals surface area contributed by atoms with Gasteiger partial charge in [-0.05, 0) is 33.4 Å². The highest BCUT2D eigenvalue weighted by molar-refractivity contribution is 9.10. The number of halogens is 2. The maximum absolute atomic E-state index is 11.6. The summed E-state index contributed by atoms with van der Waals surface area (Å²) in [5, 5.41) is 5.45. The van der Waals surface area contributed by atoms with Gasteiger partial charge in [0.1, 0.15) is 5.15 Å². The molecule has 0 unspecified atom stereocenters. The number of methoxy groups -OCH3 is 1. The van der Waals surface area contributed by atoms with E-state index in [4.69, 9.17) is 11.6 Å². The van der Waals surface area contributed by atoms with Crippen LogP contribution in [0.25, 0.3) is 0 Å². The quantitative estimate of drug-likeness (QED) is 0.661. The first kappa shape index (κ1) is 14.3. The van der Waals surface area contributed by atoms with E-state index in [1.165, 1.54) is 12.0 Å². The lowest BCUT2D eigenvalue weighted by molar-refractivity contribution is 0.0593. The molecule has 0 atom stereocenters. The second-order valence-electron chi connectivity index (χ2n) is 3.58. The molecule has 2 aromatic rings. The normalized spacial score (nSPS) is 10.3. The Morgan fingerprint density at radius 2 is 2.42 bits per heavy atom. The standard InChI is InChI=1S/C12H10BrClN2O2S/c1-18-12(17)11-10(13)8(5-9(14)16-11)15-6-7-3-2-4-19-7/h2-5H,6H2,1H3,(H,15,16). The number of nitrogens with zero attached hydrogens (tertiary/aromatic N) is 1. The van der Waals surface area contributed by atoms with Crippen LogP contribution in [0.1, 0.15) is 15.4 Å². The molecule has 0 aliphatic heterocycles. The van der Waals surface area contributed by atoms with Crippen molar-refractivity contribution in [2.24, 2.45) is 0 Å². The van der Waals surface area contributed by atoms with Crippen molar-refractivity contribution in [1.82, 2.24) is 4.98 Å². The molecule has 19 heavy (non-hydrogen) atoms. The van der Waals surface area contributed by atoms with E-state index in [-0.39, 0.29) is 10.8 Å². The van der Waals surface area contributed by atoms with Gasteiger partial charge in [-0.25, -0.2) is 9.78 Å². The van der Waals surface area contributed by atoms with Crippen LogP contribution in [0.15, 0.2) is 28.1 Å². The summed E-state index contributed by atoms with van der Waals surface area (Å²) in [6.45, 7) is 0.650. The van der Waals surface area contributed by atoms with Crippen LogP contribution in [-0.4, -0.2) is 18.1 Å². The van der Waals surface area contributed by atoms with Crippen molar-refractivity contribution in [1.29, 1.82) is 0 Å². The monoisotopic (exact) mass is 360 g/mol. The SMILES string of the molecule is COC(=O)c1nc(Cl)cc(NCc2cccs2)c1Br. The van der Waals surface area contributed by atoms with Crippen molar-refractivity contribution in [2.75, 3.05) is 12.4 Å². The summed E-state index contributed by atoms with van der Waals surface area (Å²) in [4.78, 5) is 16.7. The first-order valence-electron chi connectivity index (χ1n) is 5.32. The molecule has 0 spiro atoms. The molecular formula is C12H10BrClN2O2S. The van der Waals surface area contributed by atoms with Crippen LogP contribution in [0.2, 0.25) is 5.15 Å². The lowest BCUT2D eigenvalue weighted by Gasteiger charge is -2.10. The molecule has 1 N–H and O–H groups in total. The number of carbonyl (C=O) groups excluding carboxylic acids is 1. The number of esters is 1. The third kappa shape index (κ3) is 3.46. The summed E-state index contributed by atoms with van der Waals surface area (Å²) in [6, 6.07) is 5.66. The summed E-state index contributed by atoms with van der Waals surface area (Å²) >= 11 is 10.9. The fourth-order valence-electron chi connectivity index (χ4n) is 1.45. The van der Waals surface area contributed by atoms with Crippen LogP contribution in [0.5, 0.6) is 0 Å². The number of anilines is 1. The maximum Gasteiger partial charge on any atom is 0.357 e. The number of carbonyl (C=O) groups is 1. The summed E-state index contributed by atoms with van der Waals surface area (Å²) < 4.78 is 5.20. The van der Waals surface area contributed by atoms with Gasteiger partial charge in [0.2, 0.25) is 0 Å². The first-order chi connectivity index (χ1) is 9.11. The minimum atomic E-state index is -0.534. The summed E-state index contributed by atoms with van der Waals surface area (Å²) in [5.74, 6) is -0.534. The smallest absolute Gasteiger partial charge is 0.357 e. The maximum atomic E-state index is 11.6. The molecule has 0 aliphatic rings. The van der Waals surface area contributed by atoms with Gasteiger partial charge in [0.15, 0.2) is 5.69 Å². The van der Waals surface area contributed by atoms with E-state index in [1.54, 1.807) is 17.4 Å². The van der Waals surface area contributed by atoms with Crippen molar-refractivity contribution in [3.05, 3.63) is 43.8 Å². The summed E-state index contributed by atoms with van der Waals surface area (Å²) in [7, 11) is 1.30. The van der Waals surface area contributed by atoms with E-state index >= 15 is 0 Å². The Morgan fingerprint density at radius 1 is 1.63 bits per heavy atom. The number of hydrogen-bond acceptors (Lipinski definition) is 5. The van der Waals surface area contributed by atoms with Gasteiger partial charge in [-0.15, -0.1) is 11.3 Å². The number of hydrogen-bond donors (Lipinski definition) is 1. The highest BCUT2D eigenvalue weighted by Gasteiger charge is 2.17. The van der Waals surface area contributed by atoms with E-state index in [1.807, 2.05) is 17.5 Å². The highest BCUT2D eigenvalue weighted by Crippen LogP contribution is 2.29. The number of rotatable bonds is 4. The number of thiophene rings is 1. The Kier molecular flexibility index (Phi) is 4.79. The molecule has 2 rings (SSSR count). The predicted molar refractivity (Wildman–Crippen MR) is 79.9 cm³/mol. The van der Waals surface area contributed by atoms with E-state index in [2.05, 4.69) is 31.0 Å². The molecule has 4 nitrogen and oxygen atoms in total. The Labute approximate surface area is 127 Å². The lowest BCUT2D eigenvalue weighted by atomic mass is 10.3. The fraction of sp³-hybridized carbons (Fsp3) is 0.167. The molecule has 2 heterocycles. The molecular weight excluding hydrogens is 352 g/mol. The van der Waals surface area contributed by atoms with Gasteiger partial charge in [0.05, 0.1) is 17.3 Å². The summed E-state index contributed by atoms with van der Waals surface area (Å²) in [6.07, 6.45) is 0. The van der Waals surface area contributed by atoms with Gasteiger partial charge in [0.25, 0.3) is 0 Å². The van der Waals surface area contributed by atoms with Crippen LogP contribution in [0, 0.1) is 0 Å². The predicted octanol–water partition coefficient (Wildman–Crippen LogP) is 3.96. The summed E-state index contributed by atoms with van der Waals surface area (Å²) in [5.41, 5.74) is 0.859. The van der Waals surface area contributed by atoms with E-state index < -0.39 is 5.97 Å². The van der Waals surface area contributed by atoms with Crippen molar-refractivity contribution in [3.8, 4) is 0 Å². The van der Waals surface area contributed by atoms with Gasteiger partial charge < -0.3 is 10.1 Å². The fourth-order valence-corrected chi connectivity index (χ4v) is 2.80. The van der Waals surface area contributed by atoms with Crippen LogP contribution >= 0.6 is 38.9 Å². The molecule has 0 amide bonds. The second-order valence-corrected chi connectivity index (χ2v) is 5.79. The highest BCUT2D eigenvalue weighted by atomic mass is 79.9. The number of aromatic nitrogens is 1. The molecule has 7 heteroatoms. The van der Waals surface area contributed by atoms with Gasteiger partial charge >= 0.3 is 5.97 Å². The first-order valence-corrected chi connectivity index (χ1v) is 7.37. The van der Waals surface area contributed by atoms with Crippen LogP contribution in [-0.2, 0) is 11.3 Å². The van der Waals surface area contributed by atoms with Crippen LogP contribution in [0.3, 0.4) is 0 Å². The molecule has 0 aromatic carbocycles.